The summed E-state index contributed by atoms with van der Waals surface area (Å²) in [4.78, 5) is 0. The number of benzene rings is 1. The second-order valence-corrected chi connectivity index (χ2v) is 4.00. The summed E-state index contributed by atoms with van der Waals surface area (Å²) in [6.45, 7) is 2.46. The Balaban J connectivity index is 2.74. The molecule has 1 unspecified atom stereocenters. The average Bonchev–Trinajstić information content (AvgIpc) is 2.21. The highest BCUT2D eigenvalue weighted by Gasteiger charge is 2.07. The lowest BCUT2D eigenvalue weighted by molar-refractivity contribution is 0.0916. The van der Waals surface area contributed by atoms with Crippen LogP contribution in [0.4, 0.5) is 0 Å². The van der Waals surface area contributed by atoms with Crippen molar-refractivity contribution in [2.24, 2.45) is 0 Å². The number of halogens is 1. The molecular weight excluding hydrogens is 258 g/mol. The number of methoxy groups -OCH3 is 1. The fourth-order valence-electron chi connectivity index (χ4n) is 1.15. The van der Waals surface area contributed by atoms with Crippen molar-refractivity contribution >= 4 is 15.9 Å². The maximum absolute atomic E-state index is 8.69. The molecule has 1 atom stereocenters. The first kappa shape index (κ1) is 12.0. The van der Waals surface area contributed by atoms with E-state index >= 15 is 0 Å². The Hall–Kier alpha value is -1.05. The summed E-state index contributed by atoms with van der Waals surface area (Å²) in [6.07, 6.45) is -0.0146. The van der Waals surface area contributed by atoms with Crippen molar-refractivity contribution in [3.05, 3.63) is 28.2 Å². The number of hydrogen-bond acceptors (Lipinski definition) is 3. The molecule has 0 aliphatic rings. The summed E-state index contributed by atoms with van der Waals surface area (Å²) >= 11 is 3.35. The number of nitrogens with zero attached hydrogens (tertiary/aromatic N) is 1. The maximum Gasteiger partial charge on any atom is 0.134 e. The lowest BCUT2D eigenvalue weighted by Crippen LogP contribution is -2.18. The van der Waals surface area contributed by atoms with Crippen LogP contribution < -0.4 is 4.74 Å². The van der Waals surface area contributed by atoms with Crippen LogP contribution in [0.1, 0.15) is 12.5 Å². The Bertz CT molecular complexity index is 373. The van der Waals surface area contributed by atoms with Gasteiger partial charge in [0, 0.05) is 7.11 Å². The van der Waals surface area contributed by atoms with Crippen LogP contribution >= 0.6 is 15.9 Å². The van der Waals surface area contributed by atoms with E-state index in [9.17, 15) is 0 Å². The molecule has 0 radical (unpaired) electrons. The van der Waals surface area contributed by atoms with Gasteiger partial charge in [0.15, 0.2) is 0 Å². The van der Waals surface area contributed by atoms with Crippen LogP contribution in [-0.4, -0.2) is 19.8 Å². The first-order valence-corrected chi connectivity index (χ1v) is 5.32. The minimum Gasteiger partial charge on any atom is -0.487 e. The monoisotopic (exact) mass is 269 g/mol. The predicted octanol–water partition coefficient (Wildman–Crippen LogP) is 2.73. The zero-order valence-electron chi connectivity index (χ0n) is 8.66. The zero-order valence-corrected chi connectivity index (χ0v) is 10.2. The van der Waals surface area contributed by atoms with Crippen LogP contribution in [-0.2, 0) is 4.74 Å². The largest absolute Gasteiger partial charge is 0.487 e. The molecule has 15 heavy (non-hydrogen) atoms. The Morgan fingerprint density at radius 3 is 2.80 bits per heavy atom. The normalized spacial score (nSPS) is 11.9. The summed E-state index contributed by atoms with van der Waals surface area (Å²) in [5, 5.41) is 8.69. The van der Waals surface area contributed by atoms with E-state index in [0.717, 1.165) is 10.2 Å². The van der Waals surface area contributed by atoms with Gasteiger partial charge in [-0.3, -0.25) is 0 Å². The molecule has 0 heterocycles. The predicted molar refractivity (Wildman–Crippen MR) is 60.8 cm³/mol. The van der Waals surface area contributed by atoms with Gasteiger partial charge in [-0.25, -0.2) is 0 Å². The molecule has 0 amide bonds. The van der Waals surface area contributed by atoms with Crippen molar-refractivity contribution in [1.82, 2.24) is 0 Å². The van der Waals surface area contributed by atoms with E-state index in [2.05, 4.69) is 22.0 Å². The van der Waals surface area contributed by atoms with Gasteiger partial charge in [-0.1, -0.05) is 0 Å². The summed E-state index contributed by atoms with van der Waals surface area (Å²) in [5.74, 6) is 0.721. The molecule has 0 aliphatic heterocycles. The Morgan fingerprint density at radius 1 is 1.53 bits per heavy atom. The van der Waals surface area contributed by atoms with E-state index in [4.69, 9.17) is 14.7 Å². The molecular formula is C11H12BrNO2. The second-order valence-electron chi connectivity index (χ2n) is 3.14. The van der Waals surface area contributed by atoms with E-state index in [1.54, 1.807) is 25.3 Å². The molecule has 0 saturated carbocycles. The highest BCUT2D eigenvalue weighted by Crippen LogP contribution is 2.26. The van der Waals surface area contributed by atoms with Gasteiger partial charge in [-0.15, -0.1) is 0 Å². The van der Waals surface area contributed by atoms with Gasteiger partial charge in [0.1, 0.15) is 11.9 Å². The maximum atomic E-state index is 8.69. The number of hydrogen-bond donors (Lipinski definition) is 0. The van der Waals surface area contributed by atoms with Crippen LogP contribution in [0.25, 0.3) is 0 Å². The van der Waals surface area contributed by atoms with E-state index in [-0.39, 0.29) is 6.10 Å². The van der Waals surface area contributed by atoms with Gasteiger partial charge in [-0.05, 0) is 41.1 Å². The van der Waals surface area contributed by atoms with Gasteiger partial charge in [0.2, 0.25) is 0 Å². The van der Waals surface area contributed by atoms with E-state index in [1.807, 2.05) is 6.92 Å². The van der Waals surface area contributed by atoms with Crippen molar-refractivity contribution in [2.75, 3.05) is 13.7 Å². The first-order valence-electron chi connectivity index (χ1n) is 4.52. The average molecular weight is 270 g/mol. The van der Waals surface area contributed by atoms with Crippen LogP contribution in [0.5, 0.6) is 5.75 Å². The number of nitriles is 1. The van der Waals surface area contributed by atoms with Crippen molar-refractivity contribution in [3.8, 4) is 11.8 Å². The minimum absolute atomic E-state index is 0.0146. The van der Waals surface area contributed by atoms with Crippen LogP contribution in [0.15, 0.2) is 22.7 Å². The van der Waals surface area contributed by atoms with Gasteiger partial charge in [-0.2, -0.15) is 5.26 Å². The number of ether oxygens (including phenoxy) is 2. The summed E-state index contributed by atoms with van der Waals surface area (Å²) < 4.78 is 11.4. The Labute approximate surface area is 97.7 Å². The van der Waals surface area contributed by atoms with Gasteiger partial charge in [0.05, 0.1) is 22.7 Å². The highest BCUT2D eigenvalue weighted by atomic mass is 79.9. The molecule has 0 saturated heterocycles. The fraction of sp³-hybridized carbons (Fsp3) is 0.364. The highest BCUT2D eigenvalue weighted by molar-refractivity contribution is 9.10. The Morgan fingerprint density at radius 2 is 2.27 bits per heavy atom. The third-order valence-corrected chi connectivity index (χ3v) is 2.41. The third kappa shape index (κ3) is 3.54. The zero-order chi connectivity index (χ0) is 11.3. The summed E-state index contributed by atoms with van der Waals surface area (Å²) in [5.41, 5.74) is 0.605. The van der Waals surface area contributed by atoms with Gasteiger partial charge < -0.3 is 9.47 Å². The van der Waals surface area contributed by atoms with Gasteiger partial charge in [0.25, 0.3) is 0 Å². The molecule has 0 aromatic heterocycles. The quantitative estimate of drug-likeness (QED) is 0.844. The van der Waals surface area contributed by atoms with E-state index < -0.39 is 0 Å². The second kappa shape index (κ2) is 5.74. The lowest BCUT2D eigenvalue weighted by atomic mass is 10.2. The van der Waals surface area contributed by atoms with Crippen LogP contribution in [0.3, 0.4) is 0 Å². The van der Waals surface area contributed by atoms with E-state index in [0.29, 0.717) is 12.2 Å². The summed E-state index contributed by atoms with van der Waals surface area (Å²) in [7, 11) is 1.63. The molecule has 0 spiro atoms. The van der Waals surface area contributed by atoms with Crippen molar-refractivity contribution in [1.29, 1.82) is 5.26 Å². The standard InChI is InChI=1S/C11H12BrNO2/c1-8(7-14-2)15-11-4-3-9(6-13)5-10(11)12/h3-5,8H,7H2,1-2H3. The molecule has 3 nitrogen and oxygen atoms in total. The number of rotatable bonds is 4. The van der Waals surface area contributed by atoms with Crippen molar-refractivity contribution in [2.45, 2.75) is 13.0 Å². The molecule has 1 rings (SSSR count). The van der Waals surface area contributed by atoms with Gasteiger partial charge >= 0.3 is 0 Å². The molecule has 4 heteroatoms. The third-order valence-electron chi connectivity index (χ3n) is 1.79. The molecule has 0 fully saturated rings. The Kier molecular flexibility index (Phi) is 4.60. The molecule has 0 aliphatic carbocycles. The van der Waals surface area contributed by atoms with Crippen molar-refractivity contribution in [3.63, 3.8) is 0 Å². The molecule has 0 bridgehead atoms. The topological polar surface area (TPSA) is 42.2 Å². The SMILES string of the molecule is COCC(C)Oc1ccc(C#N)cc1Br. The van der Waals surface area contributed by atoms with Crippen molar-refractivity contribution < 1.29 is 9.47 Å². The smallest absolute Gasteiger partial charge is 0.134 e. The minimum atomic E-state index is -0.0146. The lowest BCUT2D eigenvalue weighted by Gasteiger charge is -2.14. The van der Waals surface area contributed by atoms with Crippen LogP contribution in [0, 0.1) is 11.3 Å². The summed E-state index contributed by atoms with van der Waals surface area (Å²) in [6, 6.07) is 7.29. The van der Waals surface area contributed by atoms with Crippen LogP contribution in [0.2, 0.25) is 0 Å². The molecule has 1 aromatic carbocycles. The molecule has 1 aromatic rings. The molecule has 80 valence electrons. The first-order chi connectivity index (χ1) is 7.17. The molecule has 0 N–H and O–H groups in total. The fourth-order valence-corrected chi connectivity index (χ4v) is 1.62. The van der Waals surface area contributed by atoms with E-state index in [1.165, 1.54) is 0 Å².